The zero-order chi connectivity index (χ0) is 23.0. The number of amides is 1. The average Bonchev–Trinajstić information content (AvgIpc) is 3.07. The molecular weight excluding hydrogens is 398 g/mol. The third kappa shape index (κ3) is 6.63. The van der Waals surface area contributed by atoms with E-state index in [4.69, 9.17) is 19.8 Å². The standard InChI is InChI=1S/C21H27N3O.C2H2O4/c1-16-13-18-11-7-8-12-19(18)24(16)21(25)15-22-14-20(23(2)3)17-9-5-4-6-10-17;3-1(4)2(5)6/h4-12,16,20,22H,13-15H2,1-3H3;(H,3,4)(H,5,6). The van der Waals surface area contributed by atoms with Crippen LogP contribution in [0.1, 0.15) is 24.1 Å². The number of nitrogens with zero attached hydrogens (tertiary/aromatic N) is 2. The Morgan fingerprint density at radius 3 is 2.19 bits per heavy atom. The molecule has 0 aromatic heterocycles. The molecule has 8 heteroatoms. The van der Waals surface area contributed by atoms with Gasteiger partial charge in [-0.2, -0.15) is 0 Å². The Hall–Kier alpha value is -3.23. The fourth-order valence-electron chi connectivity index (χ4n) is 3.62. The zero-order valence-electron chi connectivity index (χ0n) is 18.0. The van der Waals surface area contributed by atoms with Gasteiger partial charge in [0.15, 0.2) is 0 Å². The lowest BCUT2D eigenvalue weighted by Crippen LogP contribution is -2.43. The predicted molar refractivity (Wildman–Crippen MR) is 118 cm³/mol. The zero-order valence-corrected chi connectivity index (χ0v) is 18.0. The number of hydrogen-bond donors (Lipinski definition) is 3. The Bertz CT molecular complexity index is 889. The number of nitrogens with one attached hydrogen (secondary N) is 1. The largest absolute Gasteiger partial charge is 0.473 e. The van der Waals surface area contributed by atoms with Gasteiger partial charge in [0.25, 0.3) is 0 Å². The highest BCUT2D eigenvalue weighted by molar-refractivity contribution is 6.27. The molecule has 0 aliphatic carbocycles. The van der Waals surface area contributed by atoms with Crippen LogP contribution in [0, 0.1) is 0 Å². The van der Waals surface area contributed by atoms with Crippen LogP contribution in [0.2, 0.25) is 0 Å². The number of para-hydroxylation sites is 1. The number of benzene rings is 2. The second kappa shape index (κ2) is 11.2. The van der Waals surface area contributed by atoms with Crippen molar-refractivity contribution in [3.8, 4) is 0 Å². The van der Waals surface area contributed by atoms with Gasteiger partial charge >= 0.3 is 11.9 Å². The summed E-state index contributed by atoms with van der Waals surface area (Å²) in [5.74, 6) is -3.51. The number of aliphatic carboxylic acids is 2. The molecule has 1 amide bonds. The molecule has 0 spiro atoms. The number of fused-ring (bicyclic) bond motifs is 1. The Balaban J connectivity index is 0.000000501. The lowest BCUT2D eigenvalue weighted by molar-refractivity contribution is -0.159. The van der Waals surface area contributed by atoms with E-state index in [1.54, 1.807) is 0 Å². The number of rotatable bonds is 6. The molecule has 31 heavy (non-hydrogen) atoms. The van der Waals surface area contributed by atoms with Gasteiger partial charge in [-0.15, -0.1) is 0 Å². The van der Waals surface area contributed by atoms with Crippen LogP contribution < -0.4 is 10.2 Å². The number of carboxylic acid groups (broad SMARTS) is 2. The van der Waals surface area contributed by atoms with Crippen LogP contribution in [-0.4, -0.2) is 66.2 Å². The quantitative estimate of drug-likeness (QED) is 0.605. The molecule has 3 rings (SSSR count). The molecule has 0 saturated carbocycles. The summed E-state index contributed by atoms with van der Waals surface area (Å²) in [5, 5.41) is 18.1. The van der Waals surface area contributed by atoms with Crippen molar-refractivity contribution in [1.82, 2.24) is 10.2 Å². The molecule has 1 aliphatic heterocycles. The van der Waals surface area contributed by atoms with E-state index in [0.29, 0.717) is 6.54 Å². The van der Waals surface area contributed by atoms with Crippen LogP contribution >= 0.6 is 0 Å². The minimum absolute atomic E-state index is 0.142. The summed E-state index contributed by atoms with van der Waals surface area (Å²) in [6.07, 6.45) is 0.937. The van der Waals surface area contributed by atoms with E-state index in [1.807, 2.05) is 29.2 Å². The number of anilines is 1. The molecule has 1 aliphatic rings. The molecule has 2 aromatic carbocycles. The van der Waals surface area contributed by atoms with Crippen molar-refractivity contribution in [2.45, 2.75) is 25.4 Å². The van der Waals surface area contributed by atoms with Crippen LogP contribution in [0.4, 0.5) is 5.69 Å². The average molecular weight is 428 g/mol. The second-order valence-electron chi connectivity index (χ2n) is 7.58. The highest BCUT2D eigenvalue weighted by Gasteiger charge is 2.30. The Labute approximate surface area is 182 Å². The first-order valence-electron chi connectivity index (χ1n) is 10.0. The maximum atomic E-state index is 12.8. The maximum Gasteiger partial charge on any atom is 0.414 e. The number of carbonyl (C=O) groups is 3. The van der Waals surface area contributed by atoms with Gasteiger partial charge in [-0.25, -0.2) is 9.59 Å². The maximum absolute atomic E-state index is 12.8. The Kier molecular flexibility index (Phi) is 8.72. The fraction of sp³-hybridized carbons (Fsp3) is 0.348. The Morgan fingerprint density at radius 1 is 1.03 bits per heavy atom. The molecule has 0 fully saturated rings. The molecule has 166 valence electrons. The monoisotopic (exact) mass is 427 g/mol. The smallest absolute Gasteiger partial charge is 0.414 e. The molecule has 2 atom stereocenters. The molecule has 0 saturated heterocycles. The second-order valence-corrected chi connectivity index (χ2v) is 7.58. The van der Waals surface area contributed by atoms with Gasteiger partial charge in [-0.3, -0.25) is 4.79 Å². The van der Waals surface area contributed by atoms with Crippen LogP contribution in [0.15, 0.2) is 54.6 Å². The van der Waals surface area contributed by atoms with Gasteiger partial charge in [-0.1, -0.05) is 48.5 Å². The summed E-state index contributed by atoms with van der Waals surface area (Å²) in [5.41, 5.74) is 3.58. The predicted octanol–water partition coefficient (Wildman–Crippen LogP) is 2.01. The van der Waals surface area contributed by atoms with Gasteiger partial charge in [0, 0.05) is 24.3 Å². The van der Waals surface area contributed by atoms with Gasteiger partial charge < -0.3 is 25.3 Å². The van der Waals surface area contributed by atoms with Crippen LogP contribution in [0.5, 0.6) is 0 Å². The van der Waals surface area contributed by atoms with E-state index in [0.717, 1.165) is 18.7 Å². The summed E-state index contributed by atoms with van der Waals surface area (Å²) in [7, 11) is 4.14. The van der Waals surface area contributed by atoms with Crippen LogP contribution in [-0.2, 0) is 20.8 Å². The van der Waals surface area contributed by atoms with Crippen molar-refractivity contribution in [2.24, 2.45) is 0 Å². The van der Waals surface area contributed by atoms with Crippen LogP contribution in [0.3, 0.4) is 0 Å². The molecule has 2 unspecified atom stereocenters. The van der Waals surface area contributed by atoms with E-state index in [-0.39, 0.29) is 18.0 Å². The topological polar surface area (TPSA) is 110 Å². The normalized spacial score (nSPS) is 15.6. The van der Waals surface area contributed by atoms with Gasteiger partial charge in [-0.05, 0) is 44.6 Å². The fourth-order valence-corrected chi connectivity index (χ4v) is 3.62. The summed E-state index contributed by atoms with van der Waals surface area (Å²) in [6, 6.07) is 19.1. The molecule has 2 aromatic rings. The first kappa shape index (κ1) is 24.0. The van der Waals surface area contributed by atoms with E-state index >= 15 is 0 Å². The molecule has 0 radical (unpaired) electrons. The van der Waals surface area contributed by atoms with E-state index in [1.165, 1.54) is 11.1 Å². The minimum Gasteiger partial charge on any atom is -0.473 e. The first-order chi connectivity index (χ1) is 14.7. The molecule has 8 nitrogen and oxygen atoms in total. The van der Waals surface area contributed by atoms with Crippen molar-refractivity contribution in [2.75, 3.05) is 32.1 Å². The van der Waals surface area contributed by atoms with Crippen molar-refractivity contribution >= 4 is 23.5 Å². The van der Waals surface area contributed by atoms with Gasteiger partial charge in [0.1, 0.15) is 0 Å². The van der Waals surface area contributed by atoms with E-state index in [2.05, 4.69) is 61.6 Å². The summed E-state index contributed by atoms with van der Waals surface area (Å²) < 4.78 is 0. The molecule has 1 heterocycles. The van der Waals surface area contributed by atoms with Crippen molar-refractivity contribution in [3.63, 3.8) is 0 Å². The first-order valence-corrected chi connectivity index (χ1v) is 10.0. The number of hydrogen-bond acceptors (Lipinski definition) is 5. The lowest BCUT2D eigenvalue weighted by atomic mass is 10.1. The molecular formula is C23H29N3O5. The summed E-state index contributed by atoms with van der Waals surface area (Å²) >= 11 is 0. The SMILES string of the molecule is CC1Cc2ccccc2N1C(=O)CNCC(c1ccccc1)N(C)C.O=C(O)C(=O)O. The molecule has 0 bridgehead atoms. The summed E-state index contributed by atoms with van der Waals surface area (Å²) in [4.78, 5) is 35.1. The van der Waals surface area contributed by atoms with E-state index < -0.39 is 11.9 Å². The highest BCUT2D eigenvalue weighted by atomic mass is 16.4. The van der Waals surface area contributed by atoms with Gasteiger partial charge in [0.2, 0.25) is 5.91 Å². The van der Waals surface area contributed by atoms with Crippen molar-refractivity contribution < 1.29 is 24.6 Å². The third-order valence-corrected chi connectivity index (χ3v) is 5.08. The van der Waals surface area contributed by atoms with Crippen molar-refractivity contribution in [3.05, 3.63) is 65.7 Å². The van der Waals surface area contributed by atoms with E-state index in [9.17, 15) is 4.79 Å². The minimum atomic E-state index is -1.82. The number of carbonyl (C=O) groups excluding carboxylic acids is 1. The lowest BCUT2D eigenvalue weighted by Gasteiger charge is -2.27. The number of carboxylic acids is 2. The van der Waals surface area contributed by atoms with Crippen LogP contribution in [0.25, 0.3) is 0 Å². The Morgan fingerprint density at radius 2 is 1.61 bits per heavy atom. The number of likely N-dealkylation sites (N-methyl/N-ethyl adjacent to an activating group) is 1. The molecule has 3 N–H and O–H groups in total. The third-order valence-electron chi connectivity index (χ3n) is 5.08. The summed E-state index contributed by atoms with van der Waals surface area (Å²) in [6.45, 7) is 3.22. The van der Waals surface area contributed by atoms with Crippen molar-refractivity contribution in [1.29, 1.82) is 0 Å². The van der Waals surface area contributed by atoms with Gasteiger partial charge in [0.05, 0.1) is 6.54 Å². The highest BCUT2D eigenvalue weighted by Crippen LogP contribution is 2.31.